The van der Waals surface area contributed by atoms with Gasteiger partial charge in [0, 0.05) is 31.4 Å². The molecule has 0 saturated heterocycles. The lowest BCUT2D eigenvalue weighted by atomic mass is 10.1. The Balaban J connectivity index is 2.21. The molecule has 0 saturated carbocycles. The highest BCUT2D eigenvalue weighted by Crippen LogP contribution is 2.36. The van der Waals surface area contributed by atoms with Gasteiger partial charge in [-0.1, -0.05) is 6.92 Å². The van der Waals surface area contributed by atoms with Crippen molar-refractivity contribution in [2.45, 2.75) is 39.3 Å². The summed E-state index contributed by atoms with van der Waals surface area (Å²) in [7, 11) is 0. The Kier molecular flexibility index (Phi) is 6.26. The molecular formula is C14H19Br2N3S. The lowest BCUT2D eigenvalue weighted by Gasteiger charge is -2.18. The van der Waals surface area contributed by atoms with Crippen LogP contribution in [0.1, 0.15) is 37.7 Å². The van der Waals surface area contributed by atoms with Gasteiger partial charge < -0.3 is 9.88 Å². The molecule has 1 atom stereocenters. The number of nitrogens with one attached hydrogen (secondary N) is 1. The third-order valence-corrected chi connectivity index (χ3v) is 5.61. The van der Waals surface area contributed by atoms with E-state index >= 15 is 0 Å². The molecule has 6 heteroatoms. The third kappa shape index (κ3) is 3.93. The maximum atomic E-state index is 4.50. The van der Waals surface area contributed by atoms with Gasteiger partial charge in [0.1, 0.15) is 5.82 Å². The van der Waals surface area contributed by atoms with Gasteiger partial charge in [-0.3, -0.25) is 0 Å². The standard InChI is InChI=1S/C14H19Br2N3S/c1-3-5-17-11(10-8-12(15)20-14(10)16)9-13-18-6-7-19(13)4-2/h6-8,11,17H,3-5,9H2,1-2H3. The van der Waals surface area contributed by atoms with Crippen LogP contribution in [-0.2, 0) is 13.0 Å². The van der Waals surface area contributed by atoms with Gasteiger partial charge in [-0.2, -0.15) is 0 Å². The first kappa shape index (κ1) is 16.2. The van der Waals surface area contributed by atoms with Gasteiger partial charge >= 0.3 is 0 Å². The van der Waals surface area contributed by atoms with Crippen molar-refractivity contribution in [2.24, 2.45) is 0 Å². The Morgan fingerprint density at radius 1 is 1.40 bits per heavy atom. The van der Waals surface area contributed by atoms with E-state index in [1.165, 1.54) is 9.35 Å². The number of imidazole rings is 1. The van der Waals surface area contributed by atoms with Crippen molar-refractivity contribution in [1.29, 1.82) is 0 Å². The molecule has 2 aromatic rings. The van der Waals surface area contributed by atoms with Gasteiger partial charge in [0.05, 0.1) is 7.57 Å². The summed E-state index contributed by atoms with van der Waals surface area (Å²) in [5.74, 6) is 1.13. The highest BCUT2D eigenvalue weighted by atomic mass is 79.9. The number of aromatic nitrogens is 2. The minimum atomic E-state index is 0.291. The molecule has 0 amide bonds. The molecule has 3 nitrogen and oxygen atoms in total. The third-order valence-electron chi connectivity index (χ3n) is 3.23. The van der Waals surface area contributed by atoms with Gasteiger partial charge in [-0.25, -0.2) is 4.98 Å². The van der Waals surface area contributed by atoms with Crippen LogP contribution in [0.4, 0.5) is 0 Å². The molecule has 0 aromatic carbocycles. The van der Waals surface area contributed by atoms with Crippen molar-refractivity contribution in [3.8, 4) is 0 Å². The summed E-state index contributed by atoms with van der Waals surface area (Å²) in [6.45, 7) is 6.31. The van der Waals surface area contributed by atoms with E-state index in [0.29, 0.717) is 6.04 Å². The highest BCUT2D eigenvalue weighted by molar-refractivity contribution is 9.12. The molecule has 1 N–H and O–H groups in total. The first-order valence-electron chi connectivity index (χ1n) is 6.83. The zero-order chi connectivity index (χ0) is 14.5. The van der Waals surface area contributed by atoms with Crippen molar-refractivity contribution in [1.82, 2.24) is 14.9 Å². The van der Waals surface area contributed by atoms with E-state index in [-0.39, 0.29) is 0 Å². The van der Waals surface area contributed by atoms with Crippen molar-refractivity contribution in [3.63, 3.8) is 0 Å². The van der Waals surface area contributed by atoms with Crippen molar-refractivity contribution >= 4 is 43.2 Å². The number of nitrogens with zero attached hydrogens (tertiary/aromatic N) is 2. The number of hydrogen-bond acceptors (Lipinski definition) is 3. The van der Waals surface area contributed by atoms with Crippen LogP contribution in [0.2, 0.25) is 0 Å². The molecule has 2 rings (SSSR count). The fraction of sp³-hybridized carbons (Fsp3) is 0.500. The van der Waals surface area contributed by atoms with Gasteiger partial charge in [0.2, 0.25) is 0 Å². The van der Waals surface area contributed by atoms with Crippen molar-refractivity contribution in [2.75, 3.05) is 6.54 Å². The predicted molar refractivity (Wildman–Crippen MR) is 92.4 cm³/mol. The second kappa shape index (κ2) is 7.73. The van der Waals surface area contributed by atoms with Crippen LogP contribution in [0.3, 0.4) is 0 Å². The second-order valence-corrected chi connectivity index (χ2v) is 8.37. The smallest absolute Gasteiger partial charge is 0.110 e. The monoisotopic (exact) mass is 419 g/mol. The number of aryl methyl sites for hydroxylation is 1. The molecule has 0 aliphatic rings. The molecule has 110 valence electrons. The average Bonchev–Trinajstić information content (AvgIpc) is 3.00. The topological polar surface area (TPSA) is 29.9 Å². The summed E-state index contributed by atoms with van der Waals surface area (Å²) in [6, 6.07) is 2.49. The maximum Gasteiger partial charge on any atom is 0.110 e. The molecule has 20 heavy (non-hydrogen) atoms. The number of hydrogen-bond donors (Lipinski definition) is 1. The molecule has 0 aliphatic heterocycles. The predicted octanol–water partition coefficient (Wildman–Crippen LogP) is 4.77. The molecule has 0 radical (unpaired) electrons. The van der Waals surface area contributed by atoms with E-state index < -0.39 is 0 Å². The van der Waals surface area contributed by atoms with Crippen molar-refractivity contribution in [3.05, 3.63) is 37.4 Å². The number of thiophene rings is 1. The van der Waals surface area contributed by atoms with E-state index in [2.05, 4.69) is 66.6 Å². The summed E-state index contributed by atoms with van der Waals surface area (Å²) in [5, 5.41) is 3.63. The quantitative estimate of drug-likeness (QED) is 0.698. The SMILES string of the molecule is CCCNC(Cc1nccn1CC)c1cc(Br)sc1Br. The zero-order valence-corrected chi connectivity index (χ0v) is 15.7. The Bertz CT molecular complexity index is 550. The van der Waals surface area contributed by atoms with E-state index in [1.807, 2.05) is 12.4 Å². The van der Waals surface area contributed by atoms with E-state index in [9.17, 15) is 0 Å². The Hall–Kier alpha value is -0.170. The van der Waals surface area contributed by atoms with Crippen LogP contribution >= 0.6 is 43.2 Å². The first-order valence-corrected chi connectivity index (χ1v) is 9.24. The van der Waals surface area contributed by atoms with Gasteiger partial charge in [0.25, 0.3) is 0 Å². The van der Waals surface area contributed by atoms with E-state index in [1.54, 1.807) is 11.3 Å². The maximum absolute atomic E-state index is 4.50. The van der Waals surface area contributed by atoms with E-state index in [0.717, 1.165) is 35.5 Å². The molecule has 1 unspecified atom stereocenters. The highest BCUT2D eigenvalue weighted by Gasteiger charge is 2.19. The lowest BCUT2D eigenvalue weighted by Crippen LogP contribution is -2.25. The Morgan fingerprint density at radius 3 is 2.80 bits per heavy atom. The largest absolute Gasteiger partial charge is 0.335 e. The second-order valence-electron chi connectivity index (χ2n) is 4.62. The molecule has 0 spiro atoms. The van der Waals surface area contributed by atoms with E-state index in [4.69, 9.17) is 0 Å². The van der Waals surface area contributed by atoms with Gasteiger partial charge in [-0.05, 0) is 63.4 Å². The summed E-state index contributed by atoms with van der Waals surface area (Å²) in [4.78, 5) is 4.50. The number of rotatable bonds is 7. The van der Waals surface area contributed by atoms with Gasteiger partial charge in [0.15, 0.2) is 0 Å². The van der Waals surface area contributed by atoms with Gasteiger partial charge in [-0.15, -0.1) is 11.3 Å². The fourth-order valence-corrected chi connectivity index (χ4v) is 5.18. The normalized spacial score (nSPS) is 12.8. The molecular weight excluding hydrogens is 402 g/mol. The molecule has 0 fully saturated rings. The van der Waals surface area contributed by atoms with Crippen LogP contribution in [-0.4, -0.2) is 16.1 Å². The van der Waals surface area contributed by atoms with Crippen LogP contribution < -0.4 is 5.32 Å². The zero-order valence-electron chi connectivity index (χ0n) is 11.7. The molecule has 0 aliphatic carbocycles. The Labute approximate surface area is 141 Å². The molecule has 2 heterocycles. The first-order chi connectivity index (χ1) is 9.65. The summed E-state index contributed by atoms with van der Waals surface area (Å²) in [5.41, 5.74) is 1.31. The minimum Gasteiger partial charge on any atom is -0.335 e. The van der Waals surface area contributed by atoms with Crippen LogP contribution in [0.5, 0.6) is 0 Å². The average molecular weight is 421 g/mol. The molecule has 0 bridgehead atoms. The lowest BCUT2D eigenvalue weighted by molar-refractivity contribution is 0.506. The number of halogens is 2. The molecule has 2 aromatic heterocycles. The minimum absolute atomic E-state index is 0.291. The fourth-order valence-electron chi connectivity index (χ4n) is 2.20. The van der Waals surface area contributed by atoms with Crippen LogP contribution in [0.25, 0.3) is 0 Å². The summed E-state index contributed by atoms with van der Waals surface area (Å²) < 4.78 is 4.55. The Morgan fingerprint density at radius 2 is 2.20 bits per heavy atom. The van der Waals surface area contributed by atoms with Crippen LogP contribution in [0.15, 0.2) is 26.0 Å². The van der Waals surface area contributed by atoms with Crippen molar-refractivity contribution < 1.29 is 0 Å². The summed E-state index contributed by atoms with van der Waals surface area (Å²) in [6.07, 6.45) is 5.96. The summed E-state index contributed by atoms with van der Waals surface area (Å²) >= 11 is 8.96. The van der Waals surface area contributed by atoms with Crippen LogP contribution in [0, 0.1) is 0 Å².